The molecule has 15 heavy (non-hydrogen) atoms. The maximum absolute atomic E-state index is 11.4. The molecule has 4 heteroatoms. The predicted molar refractivity (Wildman–Crippen MR) is 60.2 cm³/mol. The van der Waals surface area contributed by atoms with Crippen LogP contribution in [0.25, 0.3) is 0 Å². The van der Waals surface area contributed by atoms with Crippen LogP contribution < -0.4 is 10.1 Å². The van der Waals surface area contributed by atoms with Crippen molar-refractivity contribution in [3.8, 4) is 5.75 Å². The molecule has 1 atom stereocenters. The summed E-state index contributed by atoms with van der Waals surface area (Å²) in [6, 6.07) is 6.92. The van der Waals surface area contributed by atoms with Crippen molar-refractivity contribution in [2.75, 3.05) is 6.54 Å². The first kappa shape index (κ1) is 11.9. The van der Waals surface area contributed by atoms with E-state index in [1.165, 1.54) is 0 Å². The summed E-state index contributed by atoms with van der Waals surface area (Å²) < 4.78 is 5.41. The van der Waals surface area contributed by atoms with Crippen LogP contribution in [0.15, 0.2) is 24.3 Å². The zero-order valence-corrected chi connectivity index (χ0v) is 9.54. The normalized spacial score (nSPS) is 11.9. The van der Waals surface area contributed by atoms with Crippen molar-refractivity contribution < 1.29 is 9.53 Å². The van der Waals surface area contributed by atoms with Gasteiger partial charge in [-0.2, -0.15) is 0 Å². The molecule has 1 aromatic carbocycles. The number of hydrogen-bond donors (Lipinski definition) is 1. The summed E-state index contributed by atoms with van der Waals surface area (Å²) in [4.78, 5) is 11.4. The molecule has 3 nitrogen and oxygen atoms in total. The molecule has 1 aromatic rings. The molecule has 1 rings (SSSR count). The minimum atomic E-state index is -0.494. The second kappa shape index (κ2) is 5.61. The van der Waals surface area contributed by atoms with Crippen LogP contribution in [-0.4, -0.2) is 18.6 Å². The van der Waals surface area contributed by atoms with E-state index in [4.69, 9.17) is 16.3 Å². The maximum atomic E-state index is 11.4. The first-order valence-corrected chi connectivity index (χ1v) is 5.21. The average Bonchev–Trinajstić information content (AvgIpc) is 2.22. The molecule has 0 fully saturated rings. The number of rotatable bonds is 4. The molecule has 0 aliphatic rings. The molecule has 0 aliphatic heterocycles. The van der Waals surface area contributed by atoms with E-state index in [0.717, 1.165) is 0 Å². The standard InChI is InChI=1S/C11H14ClNO2/c1-3-13-11(14)8(2)15-10-6-4-9(12)5-7-10/h4-8H,3H2,1-2H3,(H,13,14)/t8-/m0/s1. The summed E-state index contributed by atoms with van der Waals surface area (Å²) in [6.07, 6.45) is -0.494. The van der Waals surface area contributed by atoms with E-state index >= 15 is 0 Å². The fourth-order valence-corrected chi connectivity index (χ4v) is 1.21. The van der Waals surface area contributed by atoms with Gasteiger partial charge in [0.1, 0.15) is 5.75 Å². The van der Waals surface area contributed by atoms with Crippen molar-refractivity contribution in [1.29, 1.82) is 0 Å². The van der Waals surface area contributed by atoms with Crippen LogP contribution in [0.1, 0.15) is 13.8 Å². The van der Waals surface area contributed by atoms with Crippen molar-refractivity contribution in [3.05, 3.63) is 29.3 Å². The van der Waals surface area contributed by atoms with Gasteiger partial charge in [0, 0.05) is 11.6 Å². The van der Waals surface area contributed by atoms with Gasteiger partial charge in [-0.3, -0.25) is 4.79 Å². The van der Waals surface area contributed by atoms with Crippen molar-refractivity contribution in [1.82, 2.24) is 5.32 Å². The molecule has 0 saturated carbocycles. The van der Waals surface area contributed by atoms with Crippen molar-refractivity contribution >= 4 is 17.5 Å². The first-order chi connectivity index (χ1) is 7.13. The molecule has 0 radical (unpaired) electrons. The molecule has 0 heterocycles. The highest BCUT2D eigenvalue weighted by atomic mass is 35.5. The minimum Gasteiger partial charge on any atom is -0.481 e. The van der Waals surface area contributed by atoms with Gasteiger partial charge < -0.3 is 10.1 Å². The lowest BCUT2D eigenvalue weighted by Crippen LogP contribution is -2.36. The number of carbonyl (C=O) groups excluding carboxylic acids is 1. The summed E-state index contributed by atoms with van der Waals surface area (Å²) in [5, 5.41) is 3.33. The topological polar surface area (TPSA) is 38.3 Å². The van der Waals surface area contributed by atoms with Crippen LogP contribution in [0.4, 0.5) is 0 Å². The molecule has 0 saturated heterocycles. The average molecular weight is 228 g/mol. The van der Waals surface area contributed by atoms with Gasteiger partial charge in [0.2, 0.25) is 0 Å². The zero-order chi connectivity index (χ0) is 11.3. The molecular formula is C11H14ClNO2. The first-order valence-electron chi connectivity index (χ1n) is 4.83. The van der Waals surface area contributed by atoms with Gasteiger partial charge in [-0.1, -0.05) is 11.6 Å². The van der Waals surface area contributed by atoms with Gasteiger partial charge >= 0.3 is 0 Å². The lowest BCUT2D eigenvalue weighted by atomic mass is 10.3. The van der Waals surface area contributed by atoms with Crippen LogP contribution in [0.5, 0.6) is 5.75 Å². The fraction of sp³-hybridized carbons (Fsp3) is 0.364. The van der Waals surface area contributed by atoms with Crippen molar-refractivity contribution in [3.63, 3.8) is 0 Å². The van der Waals surface area contributed by atoms with E-state index in [0.29, 0.717) is 17.3 Å². The number of likely N-dealkylation sites (N-methyl/N-ethyl adjacent to an activating group) is 1. The van der Waals surface area contributed by atoms with Crippen LogP contribution in [0.3, 0.4) is 0 Å². The fourth-order valence-electron chi connectivity index (χ4n) is 1.09. The molecule has 0 aliphatic carbocycles. The number of halogens is 1. The van der Waals surface area contributed by atoms with E-state index in [1.807, 2.05) is 6.92 Å². The van der Waals surface area contributed by atoms with Crippen LogP contribution >= 0.6 is 11.6 Å². The predicted octanol–water partition coefficient (Wildman–Crippen LogP) is 2.24. The molecule has 1 N–H and O–H groups in total. The van der Waals surface area contributed by atoms with Crippen LogP contribution in [-0.2, 0) is 4.79 Å². The number of hydrogen-bond acceptors (Lipinski definition) is 2. The highest BCUT2D eigenvalue weighted by Crippen LogP contribution is 2.16. The Bertz CT molecular complexity index is 324. The second-order valence-electron chi connectivity index (χ2n) is 3.11. The zero-order valence-electron chi connectivity index (χ0n) is 8.79. The van der Waals surface area contributed by atoms with Crippen LogP contribution in [0, 0.1) is 0 Å². The minimum absolute atomic E-state index is 0.118. The van der Waals surface area contributed by atoms with Gasteiger partial charge in [0.05, 0.1) is 0 Å². The quantitative estimate of drug-likeness (QED) is 0.857. The maximum Gasteiger partial charge on any atom is 0.260 e. The van der Waals surface area contributed by atoms with Gasteiger partial charge in [-0.25, -0.2) is 0 Å². The molecule has 1 amide bonds. The highest BCUT2D eigenvalue weighted by Gasteiger charge is 2.12. The van der Waals surface area contributed by atoms with Gasteiger partial charge in [-0.15, -0.1) is 0 Å². The van der Waals surface area contributed by atoms with Gasteiger partial charge in [0.25, 0.3) is 5.91 Å². The van der Waals surface area contributed by atoms with Gasteiger partial charge in [-0.05, 0) is 38.1 Å². The molecular weight excluding hydrogens is 214 g/mol. The van der Waals surface area contributed by atoms with Crippen molar-refractivity contribution in [2.24, 2.45) is 0 Å². The summed E-state index contributed by atoms with van der Waals surface area (Å²) in [5.74, 6) is 0.519. The van der Waals surface area contributed by atoms with E-state index in [9.17, 15) is 4.79 Å². The second-order valence-corrected chi connectivity index (χ2v) is 3.55. The highest BCUT2D eigenvalue weighted by molar-refractivity contribution is 6.30. The molecule has 0 aromatic heterocycles. The lowest BCUT2D eigenvalue weighted by Gasteiger charge is -2.13. The third-order valence-electron chi connectivity index (χ3n) is 1.85. The molecule has 0 unspecified atom stereocenters. The SMILES string of the molecule is CCNC(=O)[C@H](C)Oc1ccc(Cl)cc1. The Morgan fingerprint density at radius 2 is 2.07 bits per heavy atom. The third-order valence-corrected chi connectivity index (χ3v) is 2.10. The number of carbonyl (C=O) groups is 1. The summed E-state index contributed by atoms with van der Waals surface area (Å²) in [5.41, 5.74) is 0. The Balaban J connectivity index is 2.54. The summed E-state index contributed by atoms with van der Waals surface area (Å²) >= 11 is 5.73. The monoisotopic (exact) mass is 227 g/mol. The largest absolute Gasteiger partial charge is 0.481 e. The smallest absolute Gasteiger partial charge is 0.260 e. The van der Waals surface area contributed by atoms with E-state index in [-0.39, 0.29) is 5.91 Å². The Morgan fingerprint density at radius 3 is 2.60 bits per heavy atom. The van der Waals surface area contributed by atoms with Crippen molar-refractivity contribution in [2.45, 2.75) is 20.0 Å². The Kier molecular flexibility index (Phi) is 4.43. The third kappa shape index (κ3) is 3.80. The van der Waals surface area contributed by atoms with Gasteiger partial charge in [0.15, 0.2) is 6.10 Å². The summed E-state index contributed by atoms with van der Waals surface area (Å²) in [7, 11) is 0. The van der Waals surface area contributed by atoms with Crippen LogP contribution in [0.2, 0.25) is 5.02 Å². The number of nitrogens with one attached hydrogen (secondary N) is 1. The Hall–Kier alpha value is -1.22. The Labute approximate surface area is 94.4 Å². The van der Waals surface area contributed by atoms with E-state index < -0.39 is 6.10 Å². The molecule has 82 valence electrons. The number of ether oxygens (including phenoxy) is 1. The number of benzene rings is 1. The summed E-state index contributed by atoms with van der Waals surface area (Å²) in [6.45, 7) is 4.18. The van der Waals surface area contributed by atoms with E-state index in [1.54, 1.807) is 31.2 Å². The number of amides is 1. The molecule has 0 spiro atoms. The Morgan fingerprint density at radius 1 is 1.47 bits per heavy atom. The lowest BCUT2D eigenvalue weighted by molar-refractivity contribution is -0.127. The molecule has 0 bridgehead atoms. The van der Waals surface area contributed by atoms with E-state index in [2.05, 4.69) is 5.32 Å².